The Hall–Kier alpha value is -4.41. The molecule has 0 unspecified atom stereocenters. The molecule has 0 aliphatic carbocycles. The zero-order chi connectivity index (χ0) is 33.4. The Morgan fingerprint density at radius 3 is 2.15 bits per heavy atom. The quantitative estimate of drug-likeness (QED) is 0.173. The van der Waals surface area contributed by atoms with Crippen LogP contribution in [0.3, 0.4) is 0 Å². The summed E-state index contributed by atoms with van der Waals surface area (Å²) in [5.41, 5.74) is 9.02. The van der Waals surface area contributed by atoms with Crippen LogP contribution in [0, 0.1) is 0 Å². The lowest BCUT2D eigenvalue weighted by Crippen LogP contribution is -2.41. The molecule has 4 heteroatoms. The maximum Gasteiger partial charge on any atom is 0.149 e. The normalized spacial score (nSPS) is 15.9. The summed E-state index contributed by atoms with van der Waals surface area (Å²) in [5.74, 6) is -1.18. The van der Waals surface area contributed by atoms with Crippen molar-refractivity contribution < 1.29 is 7.16 Å². The first-order chi connectivity index (χ1) is 22.9. The van der Waals surface area contributed by atoms with E-state index in [1.165, 1.54) is 35.5 Å². The third-order valence-electron chi connectivity index (χ3n) is 10.2. The summed E-state index contributed by atoms with van der Waals surface area (Å²) in [6, 6.07) is 38.8. The van der Waals surface area contributed by atoms with Crippen LogP contribution < -0.4 is 5.19 Å². The van der Waals surface area contributed by atoms with E-state index in [9.17, 15) is 2.74 Å². The van der Waals surface area contributed by atoms with Crippen LogP contribution in [0.5, 0.6) is 0 Å². The fourth-order valence-corrected chi connectivity index (χ4v) is 11.5. The molecular formula is C42H42N2OSi. The van der Waals surface area contributed by atoms with Gasteiger partial charge in [-0.05, 0) is 70.4 Å². The van der Waals surface area contributed by atoms with Gasteiger partial charge >= 0.3 is 0 Å². The number of furan rings is 1. The summed E-state index contributed by atoms with van der Waals surface area (Å²) in [5, 5.41) is 3.79. The molecule has 8 rings (SSSR count). The van der Waals surface area contributed by atoms with E-state index in [4.69, 9.17) is 9.40 Å². The summed E-state index contributed by atoms with van der Waals surface area (Å²) in [6.45, 7) is 10.3. The Bertz CT molecular complexity index is 2300. The van der Waals surface area contributed by atoms with Crippen LogP contribution in [0.15, 0.2) is 108 Å². The lowest BCUT2D eigenvalue weighted by Gasteiger charge is -2.24. The summed E-state index contributed by atoms with van der Waals surface area (Å²) in [4.78, 5) is 5.29. The Labute approximate surface area is 275 Å². The summed E-state index contributed by atoms with van der Waals surface area (Å²) >= 11 is 0. The van der Waals surface area contributed by atoms with E-state index in [0.717, 1.165) is 66.9 Å². The number of hydrogen-bond donors (Lipinski definition) is 0. The van der Waals surface area contributed by atoms with Gasteiger partial charge in [0, 0.05) is 13.5 Å². The molecule has 3 nitrogen and oxygen atoms in total. The van der Waals surface area contributed by atoms with E-state index < -0.39 is 19.9 Å². The van der Waals surface area contributed by atoms with Gasteiger partial charge in [-0.25, -0.2) is 4.98 Å². The molecule has 5 aromatic carbocycles. The Kier molecular flexibility index (Phi) is 6.48. The van der Waals surface area contributed by atoms with E-state index in [0.29, 0.717) is 0 Å². The van der Waals surface area contributed by atoms with Crippen molar-refractivity contribution in [2.24, 2.45) is 0 Å². The van der Waals surface area contributed by atoms with Gasteiger partial charge in [-0.1, -0.05) is 131 Å². The summed E-state index contributed by atoms with van der Waals surface area (Å²) in [7, 11) is -1.46. The Morgan fingerprint density at radius 1 is 0.739 bits per heavy atom. The molecule has 0 amide bonds. The van der Waals surface area contributed by atoms with Crippen LogP contribution in [0.25, 0.3) is 61.2 Å². The largest absolute Gasteiger partial charge is 0.455 e. The number of aromatic nitrogens is 2. The van der Waals surface area contributed by atoms with Crippen molar-refractivity contribution in [1.29, 1.82) is 0 Å². The van der Waals surface area contributed by atoms with E-state index in [2.05, 4.69) is 77.8 Å². The molecule has 1 aliphatic heterocycles. The average molecular weight is 621 g/mol. The second-order valence-electron chi connectivity index (χ2n) is 13.8. The van der Waals surface area contributed by atoms with Crippen LogP contribution >= 0.6 is 0 Å². The van der Waals surface area contributed by atoms with Gasteiger partial charge in [-0.15, -0.1) is 0 Å². The molecule has 230 valence electrons. The average Bonchev–Trinajstić information content (AvgIpc) is 3.79. The van der Waals surface area contributed by atoms with Crippen LogP contribution in [0.1, 0.15) is 66.2 Å². The highest BCUT2D eigenvalue weighted by Gasteiger charge is 2.33. The fraction of sp³-hybridized carbons (Fsp3) is 0.262. The van der Waals surface area contributed by atoms with Crippen LogP contribution in [-0.4, -0.2) is 17.6 Å². The number of para-hydroxylation sites is 3. The molecule has 0 spiro atoms. The maximum absolute atomic E-state index is 9.46. The lowest BCUT2D eigenvalue weighted by atomic mass is 9.88. The van der Waals surface area contributed by atoms with E-state index in [1.807, 2.05) is 64.1 Å². The van der Waals surface area contributed by atoms with Gasteiger partial charge in [-0.3, -0.25) is 4.57 Å². The van der Waals surface area contributed by atoms with E-state index >= 15 is 0 Å². The number of benzene rings is 5. The summed E-state index contributed by atoms with van der Waals surface area (Å²) in [6.07, 6.45) is 2.68. The highest BCUT2D eigenvalue weighted by atomic mass is 28.3. The minimum absolute atomic E-state index is 0.752. The van der Waals surface area contributed by atoms with Gasteiger partial charge in [-0.2, -0.15) is 0 Å². The van der Waals surface area contributed by atoms with Gasteiger partial charge in [0.15, 0.2) is 0 Å². The standard InChI is InChI=1S/C42H42N2OSi/c1-27(2)34-24-30(29-14-7-6-8-15-29)25-35(28(3)4)40(34)44-38-19-10-9-18-37(38)43-42(44)33-17-13-16-32-36-26-31(46(5)22-11-12-23-46)20-21-39(36)45-41(32)33/h6-10,13-21,24-28H,11-12,22-23H2,1-5H3/i27D,28D. The van der Waals surface area contributed by atoms with Gasteiger partial charge in [0.05, 0.1) is 30.4 Å². The van der Waals surface area contributed by atoms with Crippen molar-refractivity contribution in [3.05, 3.63) is 114 Å². The smallest absolute Gasteiger partial charge is 0.149 e. The van der Waals surface area contributed by atoms with Crippen molar-refractivity contribution in [1.82, 2.24) is 9.55 Å². The van der Waals surface area contributed by atoms with Crippen molar-refractivity contribution >= 4 is 46.2 Å². The fourth-order valence-electron chi connectivity index (χ4n) is 7.66. The summed E-state index contributed by atoms with van der Waals surface area (Å²) < 4.78 is 27.9. The molecule has 3 heterocycles. The number of fused-ring (bicyclic) bond motifs is 4. The van der Waals surface area contributed by atoms with Crippen molar-refractivity contribution in [2.75, 3.05) is 0 Å². The van der Waals surface area contributed by atoms with Crippen molar-refractivity contribution in [2.45, 2.75) is 71.0 Å². The highest BCUT2D eigenvalue weighted by molar-refractivity contribution is 6.91. The second kappa shape index (κ2) is 11.1. The highest BCUT2D eigenvalue weighted by Crippen LogP contribution is 2.42. The molecule has 0 radical (unpaired) electrons. The molecule has 0 atom stereocenters. The molecule has 0 N–H and O–H groups in total. The van der Waals surface area contributed by atoms with Crippen LogP contribution in [-0.2, 0) is 0 Å². The molecule has 1 aliphatic rings. The zero-order valence-electron chi connectivity index (χ0n) is 29.4. The van der Waals surface area contributed by atoms with Gasteiger partial charge in [0.2, 0.25) is 0 Å². The van der Waals surface area contributed by atoms with Crippen molar-refractivity contribution in [3.8, 4) is 28.2 Å². The molecule has 2 aromatic heterocycles. The molecule has 0 saturated carbocycles. The molecule has 7 aromatic rings. The minimum atomic E-state index is -1.46. The molecule has 0 bridgehead atoms. The molecule has 1 fully saturated rings. The predicted molar refractivity (Wildman–Crippen MR) is 197 cm³/mol. The Morgan fingerprint density at radius 2 is 1.43 bits per heavy atom. The Balaban J connectivity index is 1.44. The number of hydrogen-bond acceptors (Lipinski definition) is 2. The minimum Gasteiger partial charge on any atom is -0.455 e. The molecular weight excluding hydrogens is 577 g/mol. The first kappa shape index (κ1) is 26.8. The van der Waals surface area contributed by atoms with Gasteiger partial charge < -0.3 is 4.42 Å². The van der Waals surface area contributed by atoms with E-state index in [1.54, 1.807) is 0 Å². The monoisotopic (exact) mass is 620 g/mol. The third-order valence-corrected chi connectivity index (χ3v) is 14.8. The molecule has 46 heavy (non-hydrogen) atoms. The second-order valence-corrected chi connectivity index (χ2v) is 18.5. The van der Waals surface area contributed by atoms with Crippen LogP contribution in [0.4, 0.5) is 0 Å². The first-order valence-electron chi connectivity index (χ1n) is 17.6. The third kappa shape index (κ3) is 4.65. The van der Waals surface area contributed by atoms with Crippen molar-refractivity contribution in [3.63, 3.8) is 0 Å². The number of imidazole rings is 1. The van der Waals surface area contributed by atoms with E-state index in [-0.39, 0.29) is 0 Å². The number of rotatable bonds is 6. The maximum atomic E-state index is 9.46. The van der Waals surface area contributed by atoms with Crippen LogP contribution in [0.2, 0.25) is 18.6 Å². The first-order valence-corrected chi connectivity index (χ1v) is 19.5. The SMILES string of the molecule is [2H]C(C)(C)c1cc(-c2ccccc2)cc(C([2H])(C)C)c1-n1c(-c2cccc3c2oc2ccc([Si]4(C)CCCC4)cc23)nc2ccccc21. The molecule has 1 saturated heterocycles. The topological polar surface area (TPSA) is 31.0 Å². The van der Waals surface area contributed by atoms with Gasteiger partial charge in [0.25, 0.3) is 0 Å². The van der Waals surface area contributed by atoms with Gasteiger partial charge in [0.1, 0.15) is 17.0 Å². The number of nitrogens with zero attached hydrogens (tertiary/aromatic N) is 2. The zero-order valence-corrected chi connectivity index (χ0v) is 28.4. The lowest BCUT2D eigenvalue weighted by molar-refractivity contribution is 0.669. The predicted octanol–water partition coefficient (Wildman–Crippen LogP) is 11.6.